The number of ether oxygens (including phenoxy) is 1. The Morgan fingerprint density at radius 3 is 2.65 bits per heavy atom. The first kappa shape index (κ1) is 18.6. The molecule has 0 spiro atoms. The fourth-order valence-corrected chi connectivity index (χ4v) is 3.39. The molecule has 0 aliphatic carbocycles. The molecule has 0 unspecified atom stereocenters. The first-order valence-electron chi connectivity index (χ1n) is 9.24. The zero-order chi connectivity index (χ0) is 18.4. The van der Waals surface area contributed by atoms with Crippen molar-refractivity contribution < 1.29 is 9.53 Å². The largest absolute Gasteiger partial charge is 0.378 e. The highest BCUT2D eigenvalue weighted by Gasteiger charge is 2.14. The van der Waals surface area contributed by atoms with Gasteiger partial charge >= 0.3 is 0 Å². The van der Waals surface area contributed by atoms with Crippen molar-refractivity contribution in [2.24, 2.45) is 0 Å². The van der Waals surface area contributed by atoms with Crippen molar-refractivity contribution in [2.45, 2.75) is 39.0 Å². The van der Waals surface area contributed by atoms with E-state index in [1.165, 1.54) is 37.9 Å². The SMILES string of the molecule is COCc1cc(CN(C)C(=O)c2ccc(CN3CCCCC3)cc2)[nH]n1. The number of H-pyrrole nitrogens is 1. The van der Waals surface area contributed by atoms with Gasteiger partial charge in [-0.3, -0.25) is 14.8 Å². The van der Waals surface area contributed by atoms with E-state index in [1.807, 2.05) is 18.2 Å². The lowest BCUT2D eigenvalue weighted by atomic mass is 10.1. The number of benzene rings is 1. The summed E-state index contributed by atoms with van der Waals surface area (Å²) in [5.74, 6) is 0.0115. The molecule has 0 atom stereocenters. The summed E-state index contributed by atoms with van der Waals surface area (Å²) >= 11 is 0. The number of aromatic amines is 1. The molecule has 6 nitrogen and oxygen atoms in total. The van der Waals surface area contributed by atoms with Crippen LogP contribution in [-0.4, -0.2) is 53.2 Å². The van der Waals surface area contributed by atoms with E-state index in [0.29, 0.717) is 18.7 Å². The summed E-state index contributed by atoms with van der Waals surface area (Å²) in [5.41, 5.74) is 3.72. The number of carbonyl (C=O) groups excluding carboxylic acids is 1. The fourth-order valence-electron chi connectivity index (χ4n) is 3.39. The Balaban J connectivity index is 1.55. The first-order valence-corrected chi connectivity index (χ1v) is 9.24. The lowest BCUT2D eigenvalue weighted by Crippen LogP contribution is -2.29. The van der Waals surface area contributed by atoms with E-state index in [-0.39, 0.29) is 5.91 Å². The molecule has 0 saturated carbocycles. The maximum atomic E-state index is 12.6. The normalized spacial score (nSPS) is 15.2. The number of nitrogens with zero attached hydrogens (tertiary/aromatic N) is 3. The third-order valence-corrected chi connectivity index (χ3v) is 4.79. The molecule has 1 aliphatic rings. The molecule has 1 amide bonds. The fraction of sp³-hybridized carbons (Fsp3) is 0.500. The number of hydrogen-bond donors (Lipinski definition) is 1. The quantitative estimate of drug-likeness (QED) is 0.829. The molecule has 3 rings (SSSR count). The van der Waals surface area contributed by atoms with Gasteiger partial charge in [0.25, 0.3) is 5.91 Å². The highest BCUT2D eigenvalue weighted by atomic mass is 16.5. The van der Waals surface area contributed by atoms with Gasteiger partial charge in [-0.1, -0.05) is 18.6 Å². The second-order valence-corrected chi connectivity index (χ2v) is 7.01. The van der Waals surface area contributed by atoms with Gasteiger partial charge in [-0.15, -0.1) is 0 Å². The molecule has 0 radical (unpaired) electrons. The van der Waals surface area contributed by atoms with Crippen LogP contribution in [0, 0.1) is 0 Å². The summed E-state index contributed by atoms with van der Waals surface area (Å²) in [5, 5.41) is 7.12. The van der Waals surface area contributed by atoms with Crippen LogP contribution in [0.3, 0.4) is 0 Å². The Morgan fingerprint density at radius 2 is 1.96 bits per heavy atom. The van der Waals surface area contributed by atoms with Crippen molar-refractivity contribution in [1.82, 2.24) is 20.0 Å². The van der Waals surface area contributed by atoms with E-state index in [0.717, 1.165) is 17.9 Å². The van der Waals surface area contributed by atoms with E-state index in [1.54, 1.807) is 19.1 Å². The third kappa shape index (κ3) is 4.93. The maximum Gasteiger partial charge on any atom is 0.253 e. The van der Waals surface area contributed by atoms with Crippen LogP contribution in [0.1, 0.15) is 46.6 Å². The van der Waals surface area contributed by atoms with Gasteiger partial charge in [-0.05, 0) is 49.7 Å². The third-order valence-electron chi connectivity index (χ3n) is 4.79. The molecule has 1 aromatic heterocycles. The van der Waals surface area contributed by atoms with Crippen LogP contribution in [-0.2, 0) is 24.4 Å². The second-order valence-electron chi connectivity index (χ2n) is 7.01. The van der Waals surface area contributed by atoms with E-state index >= 15 is 0 Å². The zero-order valence-electron chi connectivity index (χ0n) is 15.7. The van der Waals surface area contributed by atoms with Crippen molar-refractivity contribution in [3.63, 3.8) is 0 Å². The molecule has 1 N–H and O–H groups in total. The van der Waals surface area contributed by atoms with Crippen molar-refractivity contribution in [2.75, 3.05) is 27.2 Å². The van der Waals surface area contributed by atoms with Gasteiger partial charge in [0.2, 0.25) is 0 Å². The van der Waals surface area contributed by atoms with Crippen molar-refractivity contribution in [3.05, 3.63) is 52.8 Å². The monoisotopic (exact) mass is 356 g/mol. The minimum Gasteiger partial charge on any atom is -0.378 e. The zero-order valence-corrected chi connectivity index (χ0v) is 15.7. The minimum atomic E-state index is 0.0115. The van der Waals surface area contributed by atoms with Gasteiger partial charge in [0.1, 0.15) is 0 Å². The van der Waals surface area contributed by atoms with E-state index in [9.17, 15) is 4.79 Å². The second kappa shape index (κ2) is 8.96. The van der Waals surface area contributed by atoms with Gasteiger partial charge < -0.3 is 9.64 Å². The predicted molar refractivity (Wildman–Crippen MR) is 101 cm³/mol. The van der Waals surface area contributed by atoms with Gasteiger partial charge in [0.15, 0.2) is 0 Å². The van der Waals surface area contributed by atoms with Crippen LogP contribution in [0.25, 0.3) is 0 Å². The van der Waals surface area contributed by atoms with Crippen molar-refractivity contribution >= 4 is 5.91 Å². The van der Waals surface area contributed by atoms with Crippen LogP contribution in [0.15, 0.2) is 30.3 Å². The Hall–Kier alpha value is -2.18. The predicted octanol–water partition coefficient (Wildman–Crippen LogP) is 2.81. The van der Waals surface area contributed by atoms with E-state index in [2.05, 4.69) is 27.2 Å². The molecule has 1 aliphatic heterocycles. The molecular formula is C20H28N4O2. The van der Waals surface area contributed by atoms with E-state index in [4.69, 9.17) is 4.74 Å². The van der Waals surface area contributed by atoms with Crippen molar-refractivity contribution in [3.8, 4) is 0 Å². The molecule has 0 bridgehead atoms. The maximum absolute atomic E-state index is 12.6. The average molecular weight is 356 g/mol. The summed E-state index contributed by atoms with van der Waals surface area (Å²) in [7, 11) is 3.44. The van der Waals surface area contributed by atoms with Crippen LogP contribution >= 0.6 is 0 Å². The summed E-state index contributed by atoms with van der Waals surface area (Å²) in [6.07, 6.45) is 3.93. The molecule has 1 aromatic carbocycles. The molecule has 2 aromatic rings. The molecular weight excluding hydrogens is 328 g/mol. The highest BCUT2D eigenvalue weighted by molar-refractivity contribution is 5.94. The number of piperidine rings is 1. The van der Waals surface area contributed by atoms with Gasteiger partial charge in [-0.25, -0.2) is 0 Å². The van der Waals surface area contributed by atoms with Gasteiger partial charge in [0, 0.05) is 26.3 Å². The molecule has 6 heteroatoms. The van der Waals surface area contributed by atoms with Crippen LogP contribution in [0.2, 0.25) is 0 Å². The van der Waals surface area contributed by atoms with Gasteiger partial charge in [-0.2, -0.15) is 5.10 Å². The Morgan fingerprint density at radius 1 is 1.23 bits per heavy atom. The van der Waals surface area contributed by atoms with E-state index < -0.39 is 0 Å². The smallest absolute Gasteiger partial charge is 0.253 e. The number of aromatic nitrogens is 2. The number of carbonyl (C=O) groups is 1. The summed E-state index contributed by atoms with van der Waals surface area (Å²) in [6, 6.07) is 9.93. The number of likely N-dealkylation sites (tertiary alicyclic amines) is 1. The summed E-state index contributed by atoms with van der Waals surface area (Å²) in [6.45, 7) is 4.29. The lowest BCUT2D eigenvalue weighted by molar-refractivity contribution is 0.0783. The summed E-state index contributed by atoms with van der Waals surface area (Å²) in [4.78, 5) is 16.8. The van der Waals surface area contributed by atoms with Crippen LogP contribution in [0.4, 0.5) is 0 Å². The molecule has 1 saturated heterocycles. The lowest BCUT2D eigenvalue weighted by Gasteiger charge is -2.26. The summed E-state index contributed by atoms with van der Waals surface area (Å²) < 4.78 is 5.06. The molecule has 26 heavy (non-hydrogen) atoms. The number of amides is 1. The van der Waals surface area contributed by atoms with Crippen LogP contribution < -0.4 is 0 Å². The first-order chi connectivity index (χ1) is 12.7. The van der Waals surface area contributed by atoms with Crippen molar-refractivity contribution in [1.29, 1.82) is 0 Å². The number of hydrogen-bond acceptors (Lipinski definition) is 4. The standard InChI is InChI=1S/C20H28N4O2/c1-23(14-18-12-19(15-26-2)22-21-18)20(25)17-8-6-16(7-9-17)13-24-10-4-3-5-11-24/h6-9,12H,3-5,10-11,13-15H2,1-2H3,(H,21,22). The molecule has 1 fully saturated rings. The Kier molecular flexibility index (Phi) is 6.41. The highest BCUT2D eigenvalue weighted by Crippen LogP contribution is 2.15. The number of nitrogens with one attached hydrogen (secondary N) is 1. The van der Waals surface area contributed by atoms with Crippen LogP contribution in [0.5, 0.6) is 0 Å². The Bertz CT molecular complexity index is 705. The number of methoxy groups -OCH3 is 1. The molecule has 140 valence electrons. The van der Waals surface area contributed by atoms with Gasteiger partial charge in [0.05, 0.1) is 24.5 Å². The molecule has 2 heterocycles. The number of rotatable bonds is 7. The topological polar surface area (TPSA) is 61.5 Å². The Labute approximate surface area is 155 Å². The average Bonchev–Trinajstić information content (AvgIpc) is 3.10. The minimum absolute atomic E-state index is 0.0115.